The third kappa shape index (κ3) is 18.1. The van der Waals surface area contributed by atoms with Crippen LogP contribution in [-0.4, -0.2) is 11.1 Å². The minimum absolute atomic E-state index is 0.301. The first-order chi connectivity index (χ1) is 12.2. The van der Waals surface area contributed by atoms with E-state index in [4.69, 9.17) is 5.11 Å². The highest BCUT2D eigenvalue weighted by atomic mass is 16.4. The van der Waals surface area contributed by atoms with Gasteiger partial charge in [-0.1, -0.05) is 86.8 Å². The average Bonchev–Trinajstić information content (AvgIpc) is 2.60. The lowest BCUT2D eigenvalue weighted by molar-refractivity contribution is -0.140. The van der Waals surface area contributed by atoms with Crippen LogP contribution < -0.4 is 0 Å². The van der Waals surface area contributed by atoms with E-state index in [0.29, 0.717) is 6.42 Å². The molecule has 138 valence electrons. The first-order valence-corrected chi connectivity index (χ1v) is 9.31. The van der Waals surface area contributed by atoms with Crippen LogP contribution in [0, 0.1) is 5.92 Å². The standard InChI is InChI=1S/C23H34O2/c1-3-4-5-6-7-8-9-10-11-12-13-14-15-16-17-18-19-20-21-22(2)23(24)25/h4-5,7-8,10-11,13-14,16-17,19-20,22H,3,6,9,12,15,18,21H2,1-2H3,(H,24,25)/b5-4-,8-7?,11-10?,14-13?,17-16?,20-19?. The molecule has 0 aromatic carbocycles. The van der Waals surface area contributed by atoms with Gasteiger partial charge in [0, 0.05) is 0 Å². The van der Waals surface area contributed by atoms with Crippen molar-refractivity contribution < 1.29 is 9.90 Å². The second-order valence-corrected chi connectivity index (χ2v) is 5.89. The molecule has 0 bridgehead atoms. The van der Waals surface area contributed by atoms with Crippen LogP contribution in [0.1, 0.15) is 58.8 Å². The van der Waals surface area contributed by atoms with Crippen molar-refractivity contribution in [2.45, 2.75) is 58.8 Å². The summed E-state index contributed by atoms with van der Waals surface area (Å²) in [5, 5.41) is 8.76. The Morgan fingerprint density at radius 3 is 1.32 bits per heavy atom. The molecule has 1 unspecified atom stereocenters. The number of carbonyl (C=O) groups is 1. The number of aliphatic carboxylic acids is 1. The van der Waals surface area contributed by atoms with Gasteiger partial charge in [0.05, 0.1) is 5.92 Å². The second-order valence-electron chi connectivity index (χ2n) is 5.89. The van der Waals surface area contributed by atoms with Gasteiger partial charge < -0.3 is 5.11 Å². The summed E-state index contributed by atoms with van der Waals surface area (Å²) in [4.78, 5) is 10.6. The molecule has 0 rings (SSSR count). The number of allylic oxidation sites excluding steroid dienone is 12. The number of rotatable bonds is 14. The molecule has 0 spiro atoms. The molecule has 0 radical (unpaired) electrons. The van der Waals surface area contributed by atoms with Gasteiger partial charge in [0.25, 0.3) is 0 Å². The average molecular weight is 343 g/mol. The van der Waals surface area contributed by atoms with Crippen LogP contribution in [0.5, 0.6) is 0 Å². The molecule has 0 aliphatic rings. The number of hydrogen-bond donors (Lipinski definition) is 1. The Bertz CT molecular complexity index is 490. The Morgan fingerprint density at radius 2 is 1.00 bits per heavy atom. The van der Waals surface area contributed by atoms with Crippen LogP contribution >= 0.6 is 0 Å². The Kier molecular flexibility index (Phi) is 16.7. The Hall–Kier alpha value is -2.09. The lowest BCUT2D eigenvalue weighted by Crippen LogP contribution is -2.07. The molecule has 1 N–H and O–H groups in total. The fourth-order valence-electron chi connectivity index (χ4n) is 1.92. The first-order valence-electron chi connectivity index (χ1n) is 9.31. The van der Waals surface area contributed by atoms with E-state index in [1.54, 1.807) is 6.92 Å². The van der Waals surface area contributed by atoms with Crippen LogP contribution in [0.2, 0.25) is 0 Å². The summed E-state index contributed by atoms with van der Waals surface area (Å²) in [6.45, 7) is 3.87. The Morgan fingerprint density at radius 1 is 0.680 bits per heavy atom. The van der Waals surface area contributed by atoms with Crippen molar-refractivity contribution in [3.05, 3.63) is 72.9 Å². The monoisotopic (exact) mass is 342 g/mol. The highest BCUT2D eigenvalue weighted by molar-refractivity contribution is 5.69. The fourth-order valence-corrected chi connectivity index (χ4v) is 1.92. The minimum atomic E-state index is -0.737. The van der Waals surface area contributed by atoms with Gasteiger partial charge >= 0.3 is 5.97 Å². The molecule has 0 saturated heterocycles. The Balaban J connectivity index is 3.59. The molecule has 2 heteroatoms. The van der Waals surface area contributed by atoms with Gasteiger partial charge in [0.15, 0.2) is 0 Å². The van der Waals surface area contributed by atoms with Gasteiger partial charge in [-0.25, -0.2) is 0 Å². The lowest BCUT2D eigenvalue weighted by atomic mass is 10.1. The van der Waals surface area contributed by atoms with Crippen LogP contribution in [0.3, 0.4) is 0 Å². The number of carboxylic acid groups (broad SMARTS) is 1. The van der Waals surface area contributed by atoms with Gasteiger partial charge in [0.1, 0.15) is 0 Å². The molecule has 0 saturated carbocycles. The van der Waals surface area contributed by atoms with Crippen molar-refractivity contribution in [3.63, 3.8) is 0 Å². The highest BCUT2D eigenvalue weighted by Crippen LogP contribution is 2.03. The van der Waals surface area contributed by atoms with Gasteiger partial charge in [-0.3, -0.25) is 4.79 Å². The Labute approximate surface area is 154 Å². The molecule has 0 aromatic rings. The summed E-state index contributed by atoms with van der Waals surface area (Å²) in [6.07, 6.45) is 32.3. The van der Waals surface area contributed by atoms with E-state index in [1.807, 2.05) is 12.2 Å². The summed E-state index contributed by atoms with van der Waals surface area (Å²) in [7, 11) is 0. The predicted octanol–water partition coefficient (Wildman–Crippen LogP) is 6.79. The van der Waals surface area contributed by atoms with Crippen LogP contribution in [-0.2, 0) is 4.79 Å². The van der Waals surface area contributed by atoms with Gasteiger partial charge in [0.2, 0.25) is 0 Å². The highest BCUT2D eigenvalue weighted by Gasteiger charge is 2.06. The van der Waals surface area contributed by atoms with E-state index in [-0.39, 0.29) is 5.92 Å². The third-order valence-electron chi connectivity index (χ3n) is 3.51. The molecule has 2 nitrogen and oxygen atoms in total. The van der Waals surface area contributed by atoms with Crippen molar-refractivity contribution in [2.75, 3.05) is 0 Å². The van der Waals surface area contributed by atoms with Crippen molar-refractivity contribution in [2.24, 2.45) is 5.92 Å². The summed E-state index contributed by atoms with van der Waals surface area (Å²) < 4.78 is 0. The minimum Gasteiger partial charge on any atom is -0.481 e. The molecular formula is C23H34O2. The van der Waals surface area contributed by atoms with Crippen LogP contribution in [0.25, 0.3) is 0 Å². The third-order valence-corrected chi connectivity index (χ3v) is 3.51. The molecule has 25 heavy (non-hydrogen) atoms. The van der Waals surface area contributed by atoms with Crippen molar-refractivity contribution >= 4 is 5.97 Å². The maximum Gasteiger partial charge on any atom is 0.306 e. The smallest absolute Gasteiger partial charge is 0.306 e. The summed E-state index contributed by atoms with van der Waals surface area (Å²) >= 11 is 0. The molecule has 0 aromatic heterocycles. The maximum absolute atomic E-state index is 10.6. The van der Waals surface area contributed by atoms with E-state index < -0.39 is 5.97 Å². The maximum atomic E-state index is 10.6. The zero-order chi connectivity index (χ0) is 18.6. The summed E-state index contributed by atoms with van der Waals surface area (Å²) in [5.41, 5.74) is 0. The van der Waals surface area contributed by atoms with Gasteiger partial charge in [-0.05, 0) is 44.9 Å². The van der Waals surface area contributed by atoms with E-state index in [1.165, 1.54) is 0 Å². The predicted molar refractivity (Wildman–Crippen MR) is 110 cm³/mol. The molecular weight excluding hydrogens is 308 g/mol. The topological polar surface area (TPSA) is 37.3 Å². The molecule has 0 amide bonds. The van der Waals surface area contributed by atoms with E-state index in [9.17, 15) is 4.79 Å². The summed E-state index contributed by atoms with van der Waals surface area (Å²) in [5.74, 6) is -1.04. The molecule has 1 atom stereocenters. The first kappa shape index (κ1) is 22.9. The molecule has 0 aliphatic carbocycles. The second kappa shape index (κ2) is 18.3. The van der Waals surface area contributed by atoms with E-state index >= 15 is 0 Å². The van der Waals surface area contributed by atoms with Crippen molar-refractivity contribution in [3.8, 4) is 0 Å². The largest absolute Gasteiger partial charge is 0.481 e. The van der Waals surface area contributed by atoms with Crippen LogP contribution in [0.15, 0.2) is 72.9 Å². The summed E-state index contributed by atoms with van der Waals surface area (Å²) in [6, 6.07) is 0. The molecule has 0 aliphatic heterocycles. The molecule has 0 fully saturated rings. The van der Waals surface area contributed by atoms with Gasteiger partial charge in [-0.15, -0.1) is 0 Å². The SMILES string of the molecule is CC/C=C\CC=CCC=CCC=CCC=CCC=CCC(C)C(=O)O. The number of carboxylic acids is 1. The van der Waals surface area contributed by atoms with Gasteiger partial charge in [-0.2, -0.15) is 0 Å². The van der Waals surface area contributed by atoms with Crippen LogP contribution in [0.4, 0.5) is 0 Å². The van der Waals surface area contributed by atoms with Crippen molar-refractivity contribution in [1.29, 1.82) is 0 Å². The van der Waals surface area contributed by atoms with Crippen molar-refractivity contribution in [1.82, 2.24) is 0 Å². The zero-order valence-corrected chi connectivity index (χ0v) is 15.8. The van der Waals surface area contributed by atoms with E-state index in [2.05, 4.69) is 67.7 Å². The number of hydrogen-bond acceptors (Lipinski definition) is 1. The fraction of sp³-hybridized carbons (Fsp3) is 0.435. The quantitative estimate of drug-likeness (QED) is 0.353. The lowest BCUT2D eigenvalue weighted by Gasteiger charge is -1.99. The normalized spacial score (nSPS) is 14.3. The van der Waals surface area contributed by atoms with E-state index in [0.717, 1.165) is 38.5 Å². The zero-order valence-electron chi connectivity index (χ0n) is 15.8. The molecule has 0 heterocycles.